The third-order valence-corrected chi connectivity index (χ3v) is 4.61. The Hall–Kier alpha value is -0.930. The molecule has 4 heteroatoms. The van der Waals surface area contributed by atoms with Crippen LogP contribution in [0.5, 0.6) is 11.5 Å². The lowest BCUT2D eigenvalue weighted by Gasteiger charge is -2.39. The zero-order chi connectivity index (χ0) is 14.0. The Labute approximate surface area is 120 Å². The molecule has 0 saturated heterocycles. The average molecular weight is 284 g/mol. The number of hydrogen-bond donors (Lipinski definition) is 1. The largest absolute Gasteiger partial charge is 0.493 e. The van der Waals surface area contributed by atoms with E-state index < -0.39 is 0 Å². The van der Waals surface area contributed by atoms with Gasteiger partial charge in [0.15, 0.2) is 11.5 Å². The number of hydrogen-bond acceptors (Lipinski definition) is 3. The van der Waals surface area contributed by atoms with Crippen molar-refractivity contribution in [3.8, 4) is 11.5 Å². The van der Waals surface area contributed by atoms with Crippen molar-refractivity contribution in [2.45, 2.75) is 37.1 Å². The lowest BCUT2D eigenvalue weighted by molar-refractivity contribution is 0.347. The summed E-state index contributed by atoms with van der Waals surface area (Å²) < 4.78 is 10.7. The SMILES string of the molecule is CCC(Cl)C(NC)C1Cc2cc(OC)c(OC)cc21. The van der Waals surface area contributed by atoms with Crippen LogP contribution in [0.4, 0.5) is 0 Å². The molecule has 0 aliphatic heterocycles. The van der Waals surface area contributed by atoms with Gasteiger partial charge in [-0.3, -0.25) is 0 Å². The Bertz CT molecular complexity index is 450. The Morgan fingerprint density at radius 3 is 2.47 bits per heavy atom. The molecule has 1 aliphatic carbocycles. The van der Waals surface area contributed by atoms with Crippen LogP contribution in [0.25, 0.3) is 0 Å². The number of nitrogens with one attached hydrogen (secondary N) is 1. The van der Waals surface area contributed by atoms with E-state index in [-0.39, 0.29) is 5.38 Å². The molecule has 106 valence electrons. The smallest absolute Gasteiger partial charge is 0.161 e. The molecule has 0 heterocycles. The molecule has 3 unspecified atom stereocenters. The number of benzene rings is 1. The van der Waals surface area contributed by atoms with Crippen LogP contribution in [-0.4, -0.2) is 32.7 Å². The van der Waals surface area contributed by atoms with E-state index in [1.165, 1.54) is 11.1 Å². The Morgan fingerprint density at radius 1 is 1.32 bits per heavy atom. The van der Waals surface area contributed by atoms with Crippen LogP contribution in [0.15, 0.2) is 12.1 Å². The topological polar surface area (TPSA) is 30.5 Å². The molecule has 1 aromatic carbocycles. The summed E-state index contributed by atoms with van der Waals surface area (Å²) in [6.07, 6.45) is 2.01. The lowest BCUT2D eigenvalue weighted by atomic mass is 9.72. The molecule has 3 nitrogen and oxygen atoms in total. The summed E-state index contributed by atoms with van der Waals surface area (Å²) in [6.45, 7) is 2.12. The molecular weight excluding hydrogens is 262 g/mol. The van der Waals surface area contributed by atoms with Gasteiger partial charge in [0.25, 0.3) is 0 Å². The van der Waals surface area contributed by atoms with E-state index in [2.05, 4.69) is 24.4 Å². The minimum atomic E-state index is 0.149. The van der Waals surface area contributed by atoms with Gasteiger partial charge in [-0.15, -0.1) is 11.6 Å². The summed E-state index contributed by atoms with van der Waals surface area (Å²) in [7, 11) is 5.32. The highest BCUT2D eigenvalue weighted by molar-refractivity contribution is 6.21. The first-order valence-corrected chi connectivity index (χ1v) is 7.16. The van der Waals surface area contributed by atoms with Crippen molar-refractivity contribution >= 4 is 11.6 Å². The van der Waals surface area contributed by atoms with Gasteiger partial charge in [-0.2, -0.15) is 0 Å². The first-order valence-electron chi connectivity index (χ1n) is 6.72. The molecule has 19 heavy (non-hydrogen) atoms. The van der Waals surface area contributed by atoms with E-state index in [9.17, 15) is 0 Å². The van der Waals surface area contributed by atoms with E-state index in [1.54, 1.807) is 14.2 Å². The number of fused-ring (bicyclic) bond motifs is 1. The van der Waals surface area contributed by atoms with Crippen LogP contribution in [0.1, 0.15) is 30.4 Å². The first kappa shape index (κ1) is 14.5. The predicted octanol–water partition coefficient (Wildman–Crippen LogP) is 2.95. The van der Waals surface area contributed by atoms with Crippen molar-refractivity contribution in [3.05, 3.63) is 23.3 Å². The van der Waals surface area contributed by atoms with Gasteiger partial charge in [-0.1, -0.05) is 6.92 Å². The molecule has 1 aliphatic rings. The summed E-state index contributed by atoms with van der Waals surface area (Å²) in [5.41, 5.74) is 2.67. The summed E-state index contributed by atoms with van der Waals surface area (Å²) in [5.74, 6) is 2.06. The van der Waals surface area contributed by atoms with E-state index in [0.29, 0.717) is 12.0 Å². The number of halogens is 1. The maximum atomic E-state index is 6.42. The summed E-state index contributed by atoms with van der Waals surface area (Å²) in [6, 6.07) is 4.47. The van der Waals surface area contributed by atoms with Crippen molar-refractivity contribution in [2.24, 2.45) is 0 Å². The third kappa shape index (κ3) is 2.54. The molecule has 0 saturated carbocycles. The minimum Gasteiger partial charge on any atom is -0.493 e. The minimum absolute atomic E-state index is 0.149. The van der Waals surface area contributed by atoms with Crippen LogP contribution in [-0.2, 0) is 6.42 Å². The van der Waals surface area contributed by atoms with Crippen molar-refractivity contribution in [1.82, 2.24) is 5.32 Å². The van der Waals surface area contributed by atoms with E-state index in [1.807, 2.05) is 7.05 Å². The second-order valence-electron chi connectivity index (χ2n) is 4.96. The second-order valence-corrected chi connectivity index (χ2v) is 5.52. The first-order chi connectivity index (χ1) is 9.15. The fourth-order valence-electron chi connectivity index (χ4n) is 2.88. The third-order valence-electron chi connectivity index (χ3n) is 4.03. The van der Waals surface area contributed by atoms with Crippen LogP contribution in [0.2, 0.25) is 0 Å². The van der Waals surface area contributed by atoms with Crippen molar-refractivity contribution in [3.63, 3.8) is 0 Å². The Balaban J connectivity index is 2.27. The molecule has 0 aromatic heterocycles. The monoisotopic (exact) mass is 283 g/mol. The molecule has 3 atom stereocenters. The maximum Gasteiger partial charge on any atom is 0.161 e. The average Bonchev–Trinajstić information content (AvgIpc) is 2.43. The highest BCUT2D eigenvalue weighted by atomic mass is 35.5. The van der Waals surface area contributed by atoms with Crippen molar-refractivity contribution in [2.75, 3.05) is 21.3 Å². The number of likely N-dealkylation sites (N-methyl/N-ethyl adjacent to an activating group) is 1. The van der Waals surface area contributed by atoms with E-state index in [0.717, 1.165) is 24.3 Å². The zero-order valence-electron chi connectivity index (χ0n) is 12.0. The highest BCUT2D eigenvalue weighted by Gasteiger charge is 2.36. The van der Waals surface area contributed by atoms with Gasteiger partial charge in [0, 0.05) is 17.3 Å². The normalized spacial score (nSPS) is 20.2. The van der Waals surface area contributed by atoms with Gasteiger partial charge in [-0.25, -0.2) is 0 Å². The van der Waals surface area contributed by atoms with Crippen LogP contribution in [0, 0.1) is 0 Å². The Morgan fingerprint density at radius 2 is 1.95 bits per heavy atom. The molecule has 0 amide bonds. The fraction of sp³-hybridized carbons (Fsp3) is 0.600. The van der Waals surface area contributed by atoms with Gasteiger partial charge in [-0.05, 0) is 43.1 Å². The van der Waals surface area contributed by atoms with Gasteiger partial charge in [0.1, 0.15) is 0 Å². The van der Waals surface area contributed by atoms with Crippen molar-refractivity contribution < 1.29 is 9.47 Å². The summed E-state index contributed by atoms with van der Waals surface area (Å²) in [5, 5.41) is 3.51. The highest BCUT2D eigenvalue weighted by Crippen LogP contribution is 2.45. The van der Waals surface area contributed by atoms with Crippen LogP contribution < -0.4 is 14.8 Å². The number of alkyl halides is 1. The van der Waals surface area contributed by atoms with Crippen LogP contribution in [0.3, 0.4) is 0 Å². The molecule has 0 bridgehead atoms. The molecule has 0 radical (unpaired) electrons. The molecule has 0 spiro atoms. The van der Waals surface area contributed by atoms with Gasteiger partial charge < -0.3 is 14.8 Å². The maximum absolute atomic E-state index is 6.42. The standard InChI is InChI=1S/C15H22ClNO2/c1-5-12(16)15(17-2)11-6-9-7-13(18-3)14(19-4)8-10(9)11/h7-8,11-12,15,17H,5-6H2,1-4H3. The number of rotatable bonds is 6. The predicted molar refractivity (Wildman–Crippen MR) is 78.8 cm³/mol. The number of methoxy groups -OCH3 is 2. The lowest BCUT2D eigenvalue weighted by Crippen LogP contribution is -2.44. The summed E-state index contributed by atoms with van der Waals surface area (Å²) >= 11 is 6.42. The second kappa shape index (κ2) is 6.02. The van der Waals surface area contributed by atoms with Gasteiger partial charge in [0.05, 0.1) is 14.2 Å². The van der Waals surface area contributed by atoms with Crippen molar-refractivity contribution in [1.29, 1.82) is 0 Å². The fourth-order valence-corrected chi connectivity index (χ4v) is 3.18. The van der Waals surface area contributed by atoms with Gasteiger partial charge >= 0.3 is 0 Å². The molecule has 0 fully saturated rings. The Kier molecular flexibility index (Phi) is 4.58. The molecular formula is C15H22ClNO2. The quantitative estimate of drug-likeness (QED) is 0.814. The summed E-state index contributed by atoms with van der Waals surface area (Å²) in [4.78, 5) is 0. The van der Waals surface area contributed by atoms with E-state index in [4.69, 9.17) is 21.1 Å². The molecule has 2 rings (SSSR count). The van der Waals surface area contributed by atoms with Crippen LogP contribution >= 0.6 is 11.6 Å². The van der Waals surface area contributed by atoms with E-state index >= 15 is 0 Å². The molecule has 1 N–H and O–H groups in total. The van der Waals surface area contributed by atoms with Gasteiger partial charge in [0.2, 0.25) is 0 Å². The number of ether oxygens (including phenoxy) is 2. The molecule has 1 aromatic rings. The zero-order valence-corrected chi connectivity index (χ0v) is 12.8.